The zero-order chi connectivity index (χ0) is 20.5. The van der Waals surface area contributed by atoms with Crippen molar-refractivity contribution in [3.05, 3.63) is 34.3 Å². The normalized spacial score (nSPS) is 10.6. The summed E-state index contributed by atoms with van der Waals surface area (Å²) in [5.41, 5.74) is 0.927. The summed E-state index contributed by atoms with van der Waals surface area (Å²) in [6.07, 6.45) is 12.1. The van der Waals surface area contributed by atoms with Crippen molar-refractivity contribution in [2.45, 2.75) is 90.6 Å². The van der Waals surface area contributed by atoms with E-state index >= 15 is 0 Å². The number of ether oxygens (including phenoxy) is 2. The quantitative estimate of drug-likeness (QED) is 0.205. The van der Waals surface area contributed by atoms with Crippen LogP contribution in [0.4, 0.5) is 0 Å². The second-order valence-corrected chi connectivity index (χ2v) is 8.01. The van der Waals surface area contributed by atoms with Gasteiger partial charge < -0.3 is 9.47 Å². The van der Waals surface area contributed by atoms with Crippen LogP contribution in [0, 0.1) is 0 Å². The van der Waals surface area contributed by atoms with Gasteiger partial charge in [-0.3, -0.25) is 9.59 Å². The van der Waals surface area contributed by atoms with Crippen LogP contribution in [-0.4, -0.2) is 18.5 Å². The van der Waals surface area contributed by atoms with Crippen molar-refractivity contribution in [2.24, 2.45) is 0 Å². The predicted molar refractivity (Wildman–Crippen MR) is 116 cm³/mol. The Hall–Kier alpha value is -1.36. The molecule has 28 heavy (non-hydrogen) atoms. The highest BCUT2D eigenvalue weighted by Gasteiger charge is 2.08. The van der Waals surface area contributed by atoms with Gasteiger partial charge in [-0.1, -0.05) is 92.4 Å². The lowest BCUT2D eigenvalue weighted by atomic mass is 10.1. The second kappa shape index (κ2) is 16.6. The van der Waals surface area contributed by atoms with Gasteiger partial charge in [-0.05, 0) is 18.9 Å². The molecule has 0 saturated heterocycles. The summed E-state index contributed by atoms with van der Waals surface area (Å²) < 4.78 is 11.4. The van der Waals surface area contributed by atoms with Crippen LogP contribution in [0.3, 0.4) is 0 Å². The van der Waals surface area contributed by atoms with Crippen molar-refractivity contribution in [2.75, 3.05) is 6.61 Å². The molecule has 0 radical (unpaired) electrons. The summed E-state index contributed by atoms with van der Waals surface area (Å²) in [5.74, 6) is -0.513. The molecule has 0 fully saturated rings. The summed E-state index contributed by atoms with van der Waals surface area (Å²) in [4.78, 5) is 23.5. The maximum Gasteiger partial charge on any atom is 0.306 e. The van der Waals surface area contributed by atoms with Crippen LogP contribution >= 0.6 is 15.9 Å². The minimum absolute atomic E-state index is 0.224. The third-order valence-electron chi connectivity index (χ3n) is 4.62. The van der Waals surface area contributed by atoms with Crippen molar-refractivity contribution in [1.29, 1.82) is 0 Å². The number of benzene rings is 1. The first-order chi connectivity index (χ1) is 13.6. The van der Waals surface area contributed by atoms with Gasteiger partial charge in [0, 0.05) is 22.9 Å². The van der Waals surface area contributed by atoms with Crippen molar-refractivity contribution in [1.82, 2.24) is 0 Å². The summed E-state index contributed by atoms with van der Waals surface area (Å²) in [6, 6.07) is 7.63. The molecule has 0 aromatic heterocycles. The van der Waals surface area contributed by atoms with Gasteiger partial charge >= 0.3 is 11.9 Å². The lowest BCUT2D eigenvalue weighted by molar-refractivity contribution is -0.146. The van der Waals surface area contributed by atoms with Crippen molar-refractivity contribution in [3.63, 3.8) is 0 Å². The number of hydrogen-bond donors (Lipinski definition) is 0. The van der Waals surface area contributed by atoms with Crippen LogP contribution < -0.4 is 0 Å². The van der Waals surface area contributed by atoms with E-state index in [1.165, 1.54) is 44.9 Å². The van der Waals surface area contributed by atoms with Gasteiger partial charge in [-0.25, -0.2) is 0 Å². The van der Waals surface area contributed by atoms with Crippen molar-refractivity contribution >= 4 is 27.9 Å². The molecule has 0 aliphatic carbocycles. The average molecular weight is 455 g/mol. The van der Waals surface area contributed by atoms with Gasteiger partial charge in [0.15, 0.2) is 0 Å². The van der Waals surface area contributed by atoms with E-state index in [9.17, 15) is 9.59 Å². The standard InChI is InChI=1S/C23H35BrO4/c1-2-3-4-5-6-7-8-9-12-18-27-22(25)16-13-17-23(26)28-19-20-14-10-11-15-21(20)24/h10-11,14-15H,2-9,12-13,16-19H2,1H3. The minimum Gasteiger partial charge on any atom is -0.466 e. The Kier molecular flexibility index (Phi) is 14.6. The SMILES string of the molecule is CCCCCCCCCCCOC(=O)CCCC(=O)OCc1ccccc1Br. The van der Waals surface area contributed by atoms with Gasteiger partial charge in [-0.15, -0.1) is 0 Å². The largest absolute Gasteiger partial charge is 0.466 e. The molecule has 0 atom stereocenters. The summed E-state index contributed by atoms with van der Waals surface area (Å²) in [6.45, 7) is 2.96. The lowest BCUT2D eigenvalue weighted by Crippen LogP contribution is -2.09. The Morgan fingerprint density at radius 2 is 1.36 bits per heavy atom. The number of unbranched alkanes of at least 4 members (excludes halogenated alkanes) is 8. The third-order valence-corrected chi connectivity index (χ3v) is 5.39. The molecule has 0 heterocycles. The maximum atomic E-state index is 11.8. The maximum absolute atomic E-state index is 11.8. The fourth-order valence-corrected chi connectivity index (χ4v) is 3.29. The molecule has 4 nitrogen and oxygen atoms in total. The molecule has 5 heteroatoms. The monoisotopic (exact) mass is 454 g/mol. The molecule has 0 amide bonds. The summed E-state index contributed by atoms with van der Waals surface area (Å²) in [7, 11) is 0. The van der Waals surface area contributed by atoms with E-state index in [1.807, 2.05) is 24.3 Å². The number of rotatable bonds is 16. The van der Waals surface area contributed by atoms with E-state index < -0.39 is 0 Å². The highest BCUT2D eigenvalue weighted by Crippen LogP contribution is 2.17. The fraction of sp³-hybridized carbons (Fsp3) is 0.652. The van der Waals surface area contributed by atoms with E-state index in [0.717, 1.165) is 22.9 Å². The van der Waals surface area contributed by atoms with Gasteiger partial charge in [0.05, 0.1) is 6.61 Å². The van der Waals surface area contributed by atoms with Crippen molar-refractivity contribution in [3.8, 4) is 0 Å². The van der Waals surface area contributed by atoms with Crippen LogP contribution in [0.5, 0.6) is 0 Å². The van der Waals surface area contributed by atoms with Crippen LogP contribution in [0.2, 0.25) is 0 Å². The number of esters is 2. The molecular weight excluding hydrogens is 420 g/mol. The fourth-order valence-electron chi connectivity index (χ4n) is 2.89. The molecule has 0 aliphatic heterocycles. The van der Waals surface area contributed by atoms with Crippen LogP contribution in [0.1, 0.15) is 89.5 Å². The average Bonchev–Trinajstić information content (AvgIpc) is 2.69. The Bertz CT molecular complexity index is 559. The molecular formula is C23H35BrO4. The number of carbonyl (C=O) groups excluding carboxylic acids is 2. The van der Waals surface area contributed by atoms with Gasteiger partial charge in [0.2, 0.25) is 0 Å². The third kappa shape index (κ3) is 12.9. The van der Waals surface area contributed by atoms with E-state index in [-0.39, 0.29) is 31.4 Å². The van der Waals surface area contributed by atoms with Crippen LogP contribution in [0.25, 0.3) is 0 Å². The first kappa shape index (κ1) is 24.7. The molecule has 0 bridgehead atoms. The molecule has 0 unspecified atom stereocenters. The molecule has 1 rings (SSSR count). The molecule has 1 aromatic carbocycles. The van der Waals surface area contributed by atoms with E-state index in [4.69, 9.17) is 9.47 Å². The van der Waals surface area contributed by atoms with Crippen LogP contribution in [-0.2, 0) is 25.7 Å². The predicted octanol–water partition coefficient (Wildman–Crippen LogP) is 6.74. The topological polar surface area (TPSA) is 52.6 Å². The molecule has 1 aromatic rings. The van der Waals surface area contributed by atoms with E-state index in [0.29, 0.717) is 13.0 Å². The molecule has 0 aliphatic rings. The van der Waals surface area contributed by atoms with E-state index in [1.54, 1.807) is 0 Å². The summed E-state index contributed by atoms with van der Waals surface area (Å²) >= 11 is 3.42. The van der Waals surface area contributed by atoms with Gasteiger partial charge in [-0.2, -0.15) is 0 Å². The number of halogens is 1. The first-order valence-corrected chi connectivity index (χ1v) is 11.5. The number of carbonyl (C=O) groups is 2. The van der Waals surface area contributed by atoms with E-state index in [2.05, 4.69) is 22.9 Å². The van der Waals surface area contributed by atoms with Gasteiger partial charge in [0.1, 0.15) is 6.61 Å². The Balaban J connectivity index is 1.93. The molecule has 0 N–H and O–H groups in total. The first-order valence-electron chi connectivity index (χ1n) is 10.7. The lowest BCUT2D eigenvalue weighted by Gasteiger charge is -2.07. The van der Waals surface area contributed by atoms with Crippen LogP contribution in [0.15, 0.2) is 28.7 Å². The molecule has 0 spiro atoms. The highest BCUT2D eigenvalue weighted by atomic mass is 79.9. The Labute approximate surface area is 178 Å². The second-order valence-electron chi connectivity index (χ2n) is 7.15. The Morgan fingerprint density at radius 1 is 0.786 bits per heavy atom. The number of hydrogen-bond acceptors (Lipinski definition) is 4. The summed E-state index contributed by atoms with van der Waals surface area (Å²) in [5, 5.41) is 0. The van der Waals surface area contributed by atoms with Gasteiger partial charge in [0.25, 0.3) is 0 Å². The highest BCUT2D eigenvalue weighted by molar-refractivity contribution is 9.10. The minimum atomic E-state index is -0.289. The zero-order valence-corrected chi connectivity index (χ0v) is 18.8. The van der Waals surface area contributed by atoms with Crippen molar-refractivity contribution < 1.29 is 19.1 Å². The zero-order valence-electron chi connectivity index (χ0n) is 17.2. The molecule has 0 saturated carbocycles. The Morgan fingerprint density at radius 3 is 2.00 bits per heavy atom. The molecule has 158 valence electrons. The smallest absolute Gasteiger partial charge is 0.306 e.